The van der Waals surface area contributed by atoms with Crippen molar-refractivity contribution in [3.05, 3.63) is 47.3 Å². The van der Waals surface area contributed by atoms with Crippen molar-refractivity contribution in [2.24, 2.45) is 5.73 Å². The number of rotatable bonds is 4. The summed E-state index contributed by atoms with van der Waals surface area (Å²) < 4.78 is 27.1. The molecule has 0 amide bonds. The fourth-order valence-corrected chi connectivity index (χ4v) is 1.73. The minimum absolute atomic E-state index is 0.115. The van der Waals surface area contributed by atoms with Gasteiger partial charge >= 0.3 is 0 Å². The zero-order chi connectivity index (χ0) is 13.1. The maximum Gasteiger partial charge on any atom is 0.282 e. The Kier molecular flexibility index (Phi) is 3.61. The van der Waals surface area contributed by atoms with E-state index in [-0.39, 0.29) is 22.9 Å². The van der Waals surface area contributed by atoms with Crippen LogP contribution in [0.1, 0.15) is 23.4 Å². The largest absolute Gasteiger partial charge is 0.388 e. The Morgan fingerprint density at radius 1 is 1.33 bits per heavy atom. The van der Waals surface area contributed by atoms with E-state index in [2.05, 4.69) is 22.5 Å². The molecule has 18 heavy (non-hydrogen) atoms. The number of alkyl halides is 2. The molecule has 0 saturated carbocycles. The second-order valence-electron chi connectivity index (χ2n) is 3.63. The molecule has 0 atom stereocenters. The third-order valence-corrected chi connectivity index (χ3v) is 2.58. The van der Waals surface area contributed by atoms with Crippen LogP contribution >= 0.6 is 12.2 Å². The normalized spacial score (nSPS) is 10.8. The first-order valence-electron chi connectivity index (χ1n) is 5.15. The molecular weight excluding hydrogens is 258 g/mol. The summed E-state index contributed by atoms with van der Waals surface area (Å²) in [6.45, 7) is 0.204. The summed E-state index contributed by atoms with van der Waals surface area (Å²) in [4.78, 5) is -0.176. The van der Waals surface area contributed by atoms with Gasteiger partial charge in [0, 0.05) is 0 Å². The van der Waals surface area contributed by atoms with Crippen molar-refractivity contribution in [3.8, 4) is 0 Å². The maximum absolute atomic E-state index is 13.0. The van der Waals surface area contributed by atoms with E-state index >= 15 is 0 Å². The van der Waals surface area contributed by atoms with Gasteiger partial charge in [0.1, 0.15) is 16.4 Å². The SMILES string of the molecule is NC(=S)c1nnn(Cc2ccccc2)c1C(F)F. The lowest BCUT2D eigenvalue weighted by Gasteiger charge is -2.06. The van der Waals surface area contributed by atoms with Gasteiger partial charge in [-0.3, -0.25) is 0 Å². The molecule has 0 spiro atoms. The van der Waals surface area contributed by atoms with Crippen LogP contribution in [-0.2, 0) is 6.54 Å². The molecular formula is C11H10F2N4S. The van der Waals surface area contributed by atoms with Gasteiger partial charge in [0.25, 0.3) is 6.43 Å². The van der Waals surface area contributed by atoms with Gasteiger partial charge in [-0.05, 0) is 5.56 Å². The molecule has 1 aromatic heterocycles. The van der Waals surface area contributed by atoms with Crippen molar-refractivity contribution in [3.63, 3.8) is 0 Å². The number of halogens is 2. The Bertz CT molecular complexity index is 553. The smallest absolute Gasteiger partial charge is 0.282 e. The average Bonchev–Trinajstić information content (AvgIpc) is 2.74. The van der Waals surface area contributed by atoms with Crippen LogP contribution in [0.2, 0.25) is 0 Å². The summed E-state index contributed by atoms with van der Waals surface area (Å²) in [6.07, 6.45) is -2.72. The monoisotopic (exact) mass is 268 g/mol. The Morgan fingerprint density at radius 2 is 2.00 bits per heavy atom. The van der Waals surface area contributed by atoms with E-state index in [1.165, 1.54) is 0 Å². The fourth-order valence-electron chi connectivity index (χ4n) is 1.59. The van der Waals surface area contributed by atoms with Gasteiger partial charge in [0.2, 0.25) is 0 Å². The summed E-state index contributed by atoms with van der Waals surface area (Å²) in [6, 6.07) is 9.12. The van der Waals surface area contributed by atoms with Crippen molar-refractivity contribution in [1.29, 1.82) is 0 Å². The average molecular weight is 268 g/mol. The van der Waals surface area contributed by atoms with Gasteiger partial charge in [0.05, 0.1) is 6.54 Å². The molecule has 0 aliphatic rings. The molecule has 1 aromatic carbocycles. The lowest BCUT2D eigenvalue weighted by molar-refractivity contribution is 0.139. The third-order valence-electron chi connectivity index (χ3n) is 2.39. The number of benzene rings is 1. The first-order chi connectivity index (χ1) is 8.59. The van der Waals surface area contributed by atoms with Crippen LogP contribution < -0.4 is 5.73 Å². The van der Waals surface area contributed by atoms with Crippen molar-refractivity contribution < 1.29 is 8.78 Å². The van der Waals surface area contributed by atoms with E-state index in [1.54, 1.807) is 0 Å². The Labute approximate surface area is 107 Å². The summed E-state index contributed by atoms with van der Waals surface area (Å²) in [5.41, 5.74) is 5.73. The number of aromatic nitrogens is 3. The number of thiocarbonyl (C=S) groups is 1. The predicted octanol–water partition coefficient (Wildman–Crippen LogP) is 1.90. The van der Waals surface area contributed by atoms with Crippen LogP contribution in [0.5, 0.6) is 0 Å². The highest BCUT2D eigenvalue weighted by atomic mass is 32.1. The maximum atomic E-state index is 13.0. The molecule has 0 unspecified atom stereocenters. The zero-order valence-corrected chi connectivity index (χ0v) is 10.1. The molecule has 2 aromatic rings. The van der Waals surface area contributed by atoms with Crippen LogP contribution in [-0.4, -0.2) is 20.0 Å². The zero-order valence-electron chi connectivity index (χ0n) is 9.25. The second-order valence-corrected chi connectivity index (χ2v) is 4.07. The molecule has 0 aliphatic carbocycles. The van der Waals surface area contributed by atoms with E-state index in [0.717, 1.165) is 10.2 Å². The lowest BCUT2D eigenvalue weighted by atomic mass is 10.2. The molecule has 0 aliphatic heterocycles. The fraction of sp³-hybridized carbons (Fsp3) is 0.182. The molecule has 1 heterocycles. The number of hydrogen-bond donors (Lipinski definition) is 1. The van der Waals surface area contributed by atoms with Gasteiger partial charge in [-0.1, -0.05) is 47.8 Å². The molecule has 0 fully saturated rings. The van der Waals surface area contributed by atoms with Crippen LogP contribution in [0.3, 0.4) is 0 Å². The van der Waals surface area contributed by atoms with Gasteiger partial charge in [-0.15, -0.1) is 5.10 Å². The summed E-state index contributed by atoms with van der Waals surface area (Å²) in [5, 5.41) is 7.27. The van der Waals surface area contributed by atoms with Crippen molar-refractivity contribution in [2.45, 2.75) is 13.0 Å². The van der Waals surface area contributed by atoms with Crippen molar-refractivity contribution in [2.75, 3.05) is 0 Å². The predicted molar refractivity (Wildman–Crippen MR) is 66.4 cm³/mol. The lowest BCUT2D eigenvalue weighted by Crippen LogP contribution is -2.15. The van der Waals surface area contributed by atoms with Crippen molar-refractivity contribution in [1.82, 2.24) is 15.0 Å². The van der Waals surface area contributed by atoms with Gasteiger partial charge in [-0.2, -0.15) is 0 Å². The van der Waals surface area contributed by atoms with Crippen molar-refractivity contribution >= 4 is 17.2 Å². The Balaban J connectivity index is 2.37. The summed E-state index contributed by atoms with van der Waals surface area (Å²) in [5.74, 6) is 0. The number of hydrogen-bond acceptors (Lipinski definition) is 3. The quantitative estimate of drug-likeness (QED) is 0.860. The molecule has 94 valence electrons. The molecule has 2 rings (SSSR count). The van der Waals surface area contributed by atoms with Crippen LogP contribution in [0.4, 0.5) is 8.78 Å². The van der Waals surface area contributed by atoms with Gasteiger partial charge in [-0.25, -0.2) is 13.5 Å². The summed E-state index contributed by atoms with van der Waals surface area (Å²) in [7, 11) is 0. The third kappa shape index (κ3) is 2.51. The van der Waals surface area contributed by atoms with Gasteiger partial charge in [0.15, 0.2) is 0 Å². The Morgan fingerprint density at radius 3 is 2.56 bits per heavy atom. The first-order valence-corrected chi connectivity index (χ1v) is 5.55. The van der Waals surface area contributed by atoms with E-state index in [1.807, 2.05) is 30.3 Å². The topological polar surface area (TPSA) is 56.7 Å². The van der Waals surface area contributed by atoms with E-state index in [4.69, 9.17) is 5.73 Å². The van der Waals surface area contributed by atoms with Gasteiger partial charge < -0.3 is 5.73 Å². The van der Waals surface area contributed by atoms with E-state index in [9.17, 15) is 8.78 Å². The highest BCUT2D eigenvalue weighted by molar-refractivity contribution is 7.80. The number of nitrogens with zero attached hydrogens (tertiary/aromatic N) is 3. The van der Waals surface area contributed by atoms with Crippen LogP contribution in [0.25, 0.3) is 0 Å². The minimum Gasteiger partial charge on any atom is -0.388 e. The van der Waals surface area contributed by atoms with E-state index < -0.39 is 6.43 Å². The Hall–Kier alpha value is -1.89. The standard InChI is InChI=1S/C11H10F2N4S/c12-10(13)9-8(11(14)18)15-16-17(9)6-7-4-2-1-3-5-7/h1-5,10H,6H2,(H2,14,18). The van der Waals surface area contributed by atoms with Crippen LogP contribution in [0.15, 0.2) is 30.3 Å². The molecule has 0 bridgehead atoms. The molecule has 4 nitrogen and oxygen atoms in total. The second kappa shape index (κ2) is 5.18. The molecule has 0 saturated heterocycles. The number of nitrogens with two attached hydrogens (primary N) is 1. The first kappa shape index (κ1) is 12.6. The molecule has 7 heteroatoms. The van der Waals surface area contributed by atoms with Crippen LogP contribution in [0, 0.1) is 0 Å². The minimum atomic E-state index is -2.72. The molecule has 2 N–H and O–H groups in total. The highest BCUT2D eigenvalue weighted by Gasteiger charge is 2.23. The van der Waals surface area contributed by atoms with E-state index in [0.29, 0.717) is 0 Å². The summed E-state index contributed by atoms with van der Waals surface area (Å²) >= 11 is 4.68. The highest BCUT2D eigenvalue weighted by Crippen LogP contribution is 2.22. The molecule has 0 radical (unpaired) electrons.